The molecule has 10 heteroatoms. The Morgan fingerprint density at radius 3 is 2.58 bits per heavy atom. The van der Waals surface area contributed by atoms with Crippen molar-refractivity contribution in [2.75, 3.05) is 0 Å². The lowest BCUT2D eigenvalue weighted by Gasteiger charge is -2.07. The van der Waals surface area contributed by atoms with Crippen molar-refractivity contribution >= 4 is 52.0 Å². The Labute approximate surface area is 197 Å². The van der Waals surface area contributed by atoms with Crippen LogP contribution in [0.3, 0.4) is 0 Å². The third-order valence-corrected chi connectivity index (χ3v) is 5.32. The molecule has 0 aliphatic rings. The van der Waals surface area contributed by atoms with Crippen LogP contribution in [-0.2, 0) is 6.61 Å². The monoisotopic (exact) mass is 483 g/mol. The first-order valence-corrected chi connectivity index (χ1v) is 10.3. The van der Waals surface area contributed by atoms with E-state index in [4.69, 9.17) is 32.4 Å². The number of benzene rings is 3. The Hall–Kier alpha value is -3.88. The molecule has 166 valence electrons. The molecule has 0 aliphatic heterocycles. The van der Waals surface area contributed by atoms with Crippen LogP contribution in [0.1, 0.15) is 21.7 Å². The second kappa shape index (κ2) is 9.72. The zero-order valence-electron chi connectivity index (χ0n) is 16.8. The topological polar surface area (TPSA) is 107 Å². The lowest BCUT2D eigenvalue weighted by Crippen LogP contribution is -2.16. The fraction of sp³-hybridized carbons (Fsp3) is 0.0435. The van der Waals surface area contributed by atoms with Gasteiger partial charge in [-0.2, -0.15) is 5.10 Å². The van der Waals surface area contributed by atoms with Crippen molar-refractivity contribution in [2.45, 2.75) is 6.61 Å². The van der Waals surface area contributed by atoms with Gasteiger partial charge in [0.1, 0.15) is 17.9 Å². The number of ether oxygens (including phenoxy) is 1. The van der Waals surface area contributed by atoms with Crippen LogP contribution in [-0.4, -0.2) is 17.0 Å². The van der Waals surface area contributed by atoms with Gasteiger partial charge in [-0.05, 0) is 59.7 Å². The first kappa shape index (κ1) is 22.3. The largest absolute Gasteiger partial charge is 0.489 e. The van der Waals surface area contributed by atoms with Crippen LogP contribution in [0.4, 0.5) is 5.69 Å². The average Bonchev–Trinajstić information content (AvgIpc) is 3.24. The number of fused-ring (bicyclic) bond motifs is 1. The minimum atomic E-state index is -0.577. The van der Waals surface area contributed by atoms with Gasteiger partial charge in [-0.15, -0.1) is 0 Å². The Balaban J connectivity index is 1.33. The van der Waals surface area contributed by atoms with Crippen LogP contribution in [0, 0.1) is 10.1 Å². The van der Waals surface area contributed by atoms with Crippen LogP contribution in [0.2, 0.25) is 10.0 Å². The summed E-state index contributed by atoms with van der Waals surface area (Å²) in [5, 5.41) is 16.2. The number of hydrogen-bond donors (Lipinski definition) is 1. The number of nitro benzene ring substituents is 1. The molecule has 33 heavy (non-hydrogen) atoms. The van der Waals surface area contributed by atoms with Gasteiger partial charge in [-0.1, -0.05) is 29.3 Å². The Morgan fingerprint density at radius 2 is 1.85 bits per heavy atom. The lowest BCUT2D eigenvalue weighted by molar-refractivity contribution is -0.384. The van der Waals surface area contributed by atoms with E-state index in [2.05, 4.69) is 10.5 Å². The van der Waals surface area contributed by atoms with Gasteiger partial charge >= 0.3 is 5.91 Å². The Bertz CT molecular complexity index is 1370. The van der Waals surface area contributed by atoms with Crippen molar-refractivity contribution in [1.29, 1.82) is 0 Å². The summed E-state index contributed by atoms with van der Waals surface area (Å²) in [6.07, 6.45) is 1.47. The molecular weight excluding hydrogens is 469 g/mol. The quantitative estimate of drug-likeness (QED) is 0.197. The second-order valence-corrected chi connectivity index (χ2v) is 7.71. The van der Waals surface area contributed by atoms with Crippen molar-refractivity contribution in [2.24, 2.45) is 5.10 Å². The number of carbonyl (C=O) groups is 1. The summed E-state index contributed by atoms with van der Waals surface area (Å²) in [5.41, 5.74) is 4.27. The van der Waals surface area contributed by atoms with Gasteiger partial charge in [0, 0.05) is 17.5 Å². The van der Waals surface area contributed by atoms with E-state index in [1.807, 2.05) is 6.07 Å². The van der Waals surface area contributed by atoms with Crippen molar-refractivity contribution < 1.29 is 18.9 Å². The number of hydrogen-bond acceptors (Lipinski definition) is 6. The normalized spacial score (nSPS) is 11.1. The predicted molar refractivity (Wildman–Crippen MR) is 125 cm³/mol. The van der Waals surface area contributed by atoms with Crippen LogP contribution in [0.5, 0.6) is 5.75 Å². The molecule has 0 unspecified atom stereocenters. The second-order valence-electron chi connectivity index (χ2n) is 6.90. The first-order chi connectivity index (χ1) is 15.9. The first-order valence-electron chi connectivity index (χ1n) is 9.57. The number of furan rings is 1. The van der Waals surface area contributed by atoms with Gasteiger partial charge in [0.15, 0.2) is 5.76 Å². The van der Waals surface area contributed by atoms with Crippen molar-refractivity contribution in [3.63, 3.8) is 0 Å². The number of hydrazone groups is 1. The summed E-state index contributed by atoms with van der Waals surface area (Å²) in [6.45, 7) is 0.334. The maximum Gasteiger partial charge on any atom is 0.307 e. The van der Waals surface area contributed by atoms with E-state index in [1.165, 1.54) is 30.5 Å². The molecule has 4 rings (SSSR count). The van der Waals surface area contributed by atoms with E-state index in [0.717, 1.165) is 11.1 Å². The van der Waals surface area contributed by atoms with Crippen molar-refractivity contribution in [3.8, 4) is 5.75 Å². The number of nitrogens with zero attached hydrogens (tertiary/aromatic N) is 2. The molecule has 8 nitrogen and oxygen atoms in total. The van der Waals surface area contributed by atoms with E-state index < -0.39 is 10.8 Å². The molecule has 1 N–H and O–H groups in total. The van der Waals surface area contributed by atoms with Crippen molar-refractivity contribution in [3.05, 3.63) is 104 Å². The summed E-state index contributed by atoms with van der Waals surface area (Å²) in [5.74, 6) is 0.0685. The molecule has 0 saturated heterocycles. The van der Waals surface area contributed by atoms with E-state index >= 15 is 0 Å². The predicted octanol–water partition coefficient (Wildman–Crippen LogP) is 5.99. The molecule has 0 radical (unpaired) electrons. The van der Waals surface area contributed by atoms with Crippen LogP contribution < -0.4 is 10.2 Å². The SMILES string of the molecule is O=C(N/N=C\c1ccc(OCc2ccc(Cl)c(Cl)c2)cc1)c1cc2cc([N+](=O)[O-])ccc2o1. The highest BCUT2D eigenvalue weighted by molar-refractivity contribution is 6.42. The van der Waals surface area contributed by atoms with Crippen LogP contribution >= 0.6 is 23.2 Å². The maximum absolute atomic E-state index is 12.3. The van der Waals surface area contributed by atoms with Gasteiger partial charge in [-0.3, -0.25) is 14.9 Å². The van der Waals surface area contributed by atoms with Crippen LogP contribution in [0.25, 0.3) is 11.0 Å². The highest BCUT2D eigenvalue weighted by Gasteiger charge is 2.14. The summed E-state index contributed by atoms with van der Waals surface area (Å²) < 4.78 is 11.1. The van der Waals surface area contributed by atoms with E-state index in [0.29, 0.717) is 33.4 Å². The molecule has 1 amide bonds. The highest BCUT2D eigenvalue weighted by Crippen LogP contribution is 2.25. The number of amides is 1. The highest BCUT2D eigenvalue weighted by atomic mass is 35.5. The molecule has 0 atom stereocenters. The van der Waals surface area contributed by atoms with Crippen molar-refractivity contribution in [1.82, 2.24) is 5.43 Å². The summed E-state index contributed by atoms with van der Waals surface area (Å²) in [7, 11) is 0. The molecular formula is C23H15Cl2N3O5. The maximum atomic E-state index is 12.3. The van der Waals surface area contributed by atoms with Gasteiger partial charge in [0.05, 0.1) is 21.2 Å². The third-order valence-electron chi connectivity index (χ3n) is 4.58. The summed E-state index contributed by atoms with van der Waals surface area (Å²) >= 11 is 11.9. The molecule has 0 fully saturated rings. The van der Waals surface area contributed by atoms with Gasteiger partial charge < -0.3 is 9.15 Å². The molecule has 0 aliphatic carbocycles. The molecule has 0 spiro atoms. The number of rotatable bonds is 7. The van der Waals surface area contributed by atoms with Gasteiger partial charge in [0.25, 0.3) is 5.69 Å². The number of non-ortho nitro benzene ring substituents is 1. The molecule has 0 saturated carbocycles. The van der Waals surface area contributed by atoms with Crippen LogP contribution in [0.15, 0.2) is 76.2 Å². The van der Waals surface area contributed by atoms with E-state index in [9.17, 15) is 14.9 Å². The molecule has 0 bridgehead atoms. The number of nitro groups is 1. The molecule has 3 aromatic carbocycles. The average molecular weight is 484 g/mol. The van der Waals surface area contributed by atoms with Gasteiger partial charge in [-0.25, -0.2) is 5.43 Å². The molecule has 4 aromatic rings. The van der Waals surface area contributed by atoms with E-state index in [-0.39, 0.29) is 11.4 Å². The summed E-state index contributed by atoms with van der Waals surface area (Å²) in [6, 6.07) is 17.9. The molecule has 1 heterocycles. The smallest absolute Gasteiger partial charge is 0.307 e. The number of carbonyl (C=O) groups excluding carboxylic acids is 1. The zero-order chi connectivity index (χ0) is 23.4. The zero-order valence-corrected chi connectivity index (χ0v) is 18.3. The Kier molecular flexibility index (Phi) is 6.58. The lowest BCUT2D eigenvalue weighted by atomic mass is 10.2. The molecule has 1 aromatic heterocycles. The minimum absolute atomic E-state index is 0.00583. The fourth-order valence-corrected chi connectivity index (χ4v) is 3.24. The standard InChI is InChI=1S/C23H15Cl2N3O5/c24-19-7-3-15(9-20(19)25)13-32-18-5-1-14(2-6-18)12-26-27-23(29)22-11-16-10-17(28(30)31)4-8-21(16)33-22/h1-12H,13H2,(H,27,29)/b26-12-. The number of halogens is 2. The number of nitrogens with one attached hydrogen (secondary N) is 1. The third kappa shape index (κ3) is 5.49. The fourth-order valence-electron chi connectivity index (χ4n) is 2.92. The Morgan fingerprint density at radius 1 is 1.06 bits per heavy atom. The minimum Gasteiger partial charge on any atom is -0.489 e. The summed E-state index contributed by atoms with van der Waals surface area (Å²) in [4.78, 5) is 22.6. The van der Waals surface area contributed by atoms with E-state index in [1.54, 1.807) is 36.4 Å². The van der Waals surface area contributed by atoms with Gasteiger partial charge in [0.2, 0.25) is 0 Å².